The number of methoxy groups -OCH3 is 2. The van der Waals surface area contributed by atoms with E-state index in [1.807, 2.05) is 18.2 Å². The smallest absolute Gasteiger partial charge is 0.223 e. The highest BCUT2D eigenvalue weighted by Gasteiger charge is 2.30. The van der Waals surface area contributed by atoms with Crippen LogP contribution >= 0.6 is 0 Å². The van der Waals surface area contributed by atoms with Gasteiger partial charge in [0.2, 0.25) is 5.91 Å². The summed E-state index contributed by atoms with van der Waals surface area (Å²) in [5.41, 5.74) is 1.03. The third kappa shape index (κ3) is 4.46. The van der Waals surface area contributed by atoms with Crippen molar-refractivity contribution in [2.75, 3.05) is 40.4 Å². The fraction of sp³-hybridized carbons (Fsp3) is 0.650. The number of carbonyl (C=O) groups is 1. The van der Waals surface area contributed by atoms with E-state index in [9.17, 15) is 4.79 Å². The molecule has 1 atom stereocenters. The summed E-state index contributed by atoms with van der Waals surface area (Å²) in [6.07, 6.45) is 6.09. The van der Waals surface area contributed by atoms with Crippen molar-refractivity contribution >= 4 is 5.91 Å². The van der Waals surface area contributed by atoms with Crippen LogP contribution in [0.2, 0.25) is 0 Å². The first-order valence-corrected chi connectivity index (χ1v) is 9.44. The Balaban J connectivity index is 1.58. The molecule has 0 N–H and O–H groups in total. The van der Waals surface area contributed by atoms with E-state index in [4.69, 9.17) is 9.47 Å². The average Bonchev–Trinajstić information content (AvgIpc) is 3.31. The van der Waals surface area contributed by atoms with Crippen LogP contribution in [-0.2, 0) is 11.2 Å². The molecule has 2 saturated heterocycles. The van der Waals surface area contributed by atoms with Crippen LogP contribution in [0.15, 0.2) is 18.2 Å². The van der Waals surface area contributed by atoms with E-state index in [1.54, 1.807) is 14.2 Å². The van der Waals surface area contributed by atoms with Crippen molar-refractivity contribution in [3.8, 4) is 11.5 Å². The standard InChI is InChI=1S/C20H30N2O3/c1-24-18-8-9-19(25-2)16(14-18)7-10-20(23)22-13-5-6-17(22)15-21-11-3-4-12-21/h8-9,14,17H,3-7,10-13,15H2,1-2H3/t17-/m0/s1. The zero-order valence-electron chi connectivity index (χ0n) is 15.5. The van der Waals surface area contributed by atoms with Crippen molar-refractivity contribution in [2.45, 2.75) is 44.6 Å². The van der Waals surface area contributed by atoms with Gasteiger partial charge in [0, 0.05) is 25.6 Å². The van der Waals surface area contributed by atoms with Gasteiger partial charge in [-0.25, -0.2) is 0 Å². The average molecular weight is 346 g/mol. The van der Waals surface area contributed by atoms with E-state index in [-0.39, 0.29) is 5.91 Å². The van der Waals surface area contributed by atoms with Gasteiger partial charge in [-0.3, -0.25) is 4.79 Å². The first-order valence-electron chi connectivity index (χ1n) is 9.44. The number of carbonyl (C=O) groups excluding carboxylic acids is 1. The van der Waals surface area contributed by atoms with Crippen molar-refractivity contribution < 1.29 is 14.3 Å². The fourth-order valence-corrected chi connectivity index (χ4v) is 4.08. The van der Waals surface area contributed by atoms with Gasteiger partial charge in [-0.1, -0.05) is 0 Å². The molecule has 0 radical (unpaired) electrons. The zero-order chi connectivity index (χ0) is 17.6. The van der Waals surface area contributed by atoms with Crippen molar-refractivity contribution in [3.63, 3.8) is 0 Å². The van der Waals surface area contributed by atoms with E-state index in [1.165, 1.54) is 25.9 Å². The van der Waals surface area contributed by atoms with Crippen LogP contribution in [0.3, 0.4) is 0 Å². The Morgan fingerprint density at radius 1 is 1.12 bits per heavy atom. The summed E-state index contributed by atoms with van der Waals surface area (Å²) in [7, 11) is 3.32. The lowest BCUT2D eigenvalue weighted by molar-refractivity contribution is -0.132. The summed E-state index contributed by atoms with van der Waals surface area (Å²) in [6, 6.07) is 6.16. The van der Waals surface area contributed by atoms with Crippen molar-refractivity contribution in [1.82, 2.24) is 9.80 Å². The minimum atomic E-state index is 0.270. The Morgan fingerprint density at radius 2 is 1.92 bits per heavy atom. The van der Waals surface area contributed by atoms with Crippen LogP contribution in [0.1, 0.15) is 37.7 Å². The number of benzene rings is 1. The highest BCUT2D eigenvalue weighted by Crippen LogP contribution is 2.26. The van der Waals surface area contributed by atoms with Gasteiger partial charge in [-0.15, -0.1) is 0 Å². The third-order valence-electron chi connectivity index (χ3n) is 5.46. The van der Waals surface area contributed by atoms with E-state index in [0.717, 1.165) is 43.0 Å². The molecule has 25 heavy (non-hydrogen) atoms. The molecule has 1 amide bonds. The Hall–Kier alpha value is -1.75. The van der Waals surface area contributed by atoms with Crippen LogP contribution in [-0.4, -0.2) is 62.1 Å². The monoisotopic (exact) mass is 346 g/mol. The number of rotatable bonds is 7. The SMILES string of the molecule is COc1ccc(OC)c(CCC(=O)N2CCC[C@H]2CN2CCCC2)c1. The second-order valence-electron chi connectivity index (χ2n) is 7.07. The van der Waals surface area contributed by atoms with Crippen molar-refractivity contribution in [1.29, 1.82) is 0 Å². The van der Waals surface area contributed by atoms with E-state index in [2.05, 4.69) is 9.80 Å². The molecule has 5 nitrogen and oxygen atoms in total. The number of hydrogen-bond donors (Lipinski definition) is 0. The number of aryl methyl sites for hydroxylation is 1. The Kier molecular flexibility index (Phi) is 6.19. The lowest BCUT2D eigenvalue weighted by Gasteiger charge is -2.28. The summed E-state index contributed by atoms with van der Waals surface area (Å²) in [5, 5.41) is 0. The molecule has 0 unspecified atom stereocenters. The summed E-state index contributed by atoms with van der Waals surface area (Å²) in [4.78, 5) is 17.4. The largest absolute Gasteiger partial charge is 0.497 e. The topological polar surface area (TPSA) is 42.0 Å². The molecule has 0 saturated carbocycles. The van der Waals surface area contributed by atoms with Gasteiger partial charge in [0.05, 0.1) is 14.2 Å². The molecule has 3 rings (SSSR count). The second kappa shape index (κ2) is 8.56. The van der Waals surface area contributed by atoms with Crippen LogP contribution in [0.4, 0.5) is 0 Å². The quantitative estimate of drug-likeness (QED) is 0.761. The molecule has 2 heterocycles. The first-order chi connectivity index (χ1) is 12.2. The van der Waals surface area contributed by atoms with Gasteiger partial charge in [-0.05, 0) is 69.0 Å². The number of amides is 1. The van der Waals surface area contributed by atoms with E-state index >= 15 is 0 Å². The molecular formula is C20H30N2O3. The van der Waals surface area contributed by atoms with Gasteiger partial charge >= 0.3 is 0 Å². The Bertz CT molecular complexity index is 584. The normalized spacial score (nSPS) is 20.9. The summed E-state index contributed by atoms with van der Waals surface area (Å²) < 4.78 is 10.7. The fourth-order valence-electron chi connectivity index (χ4n) is 4.08. The summed E-state index contributed by atoms with van der Waals surface area (Å²) >= 11 is 0. The van der Waals surface area contributed by atoms with Crippen LogP contribution in [0, 0.1) is 0 Å². The van der Waals surface area contributed by atoms with Crippen LogP contribution < -0.4 is 9.47 Å². The van der Waals surface area contributed by atoms with Gasteiger partial charge in [0.1, 0.15) is 11.5 Å². The molecule has 2 fully saturated rings. The Morgan fingerprint density at radius 3 is 2.64 bits per heavy atom. The molecule has 0 aliphatic carbocycles. The molecule has 5 heteroatoms. The van der Waals surface area contributed by atoms with Crippen LogP contribution in [0.5, 0.6) is 11.5 Å². The van der Waals surface area contributed by atoms with Crippen molar-refractivity contribution in [3.05, 3.63) is 23.8 Å². The van der Waals surface area contributed by atoms with Gasteiger partial charge in [0.25, 0.3) is 0 Å². The van der Waals surface area contributed by atoms with Gasteiger partial charge < -0.3 is 19.3 Å². The molecule has 0 bridgehead atoms. The molecule has 0 aromatic heterocycles. The van der Waals surface area contributed by atoms with Gasteiger partial charge in [0.15, 0.2) is 0 Å². The maximum absolute atomic E-state index is 12.8. The maximum Gasteiger partial charge on any atom is 0.223 e. The molecule has 0 spiro atoms. The highest BCUT2D eigenvalue weighted by atomic mass is 16.5. The molecular weight excluding hydrogens is 316 g/mol. The van der Waals surface area contributed by atoms with Crippen molar-refractivity contribution in [2.24, 2.45) is 0 Å². The molecule has 1 aromatic rings. The molecule has 1 aromatic carbocycles. The number of nitrogens with zero attached hydrogens (tertiary/aromatic N) is 2. The molecule has 138 valence electrons. The summed E-state index contributed by atoms with van der Waals surface area (Å²) in [5.74, 6) is 1.89. The lowest BCUT2D eigenvalue weighted by Crippen LogP contribution is -2.42. The zero-order valence-corrected chi connectivity index (χ0v) is 15.5. The van der Waals surface area contributed by atoms with Crippen LogP contribution in [0.25, 0.3) is 0 Å². The highest BCUT2D eigenvalue weighted by molar-refractivity contribution is 5.77. The number of hydrogen-bond acceptors (Lipinski definition) is 4. The number of likely N-dealkylation sites (tertiary alicyclic amines) is 2. The molecule has 2 aliphatic heterocycles. The van der Waals surface area contributed by atoms with E-state index in [0.29, 0.717) is 18.9 Å². The third-order valence-corrected chi connectivity index (χ3v) is 5.46. The Labute approximate surface area is 150 Å². The minimum Gasteiger partial charge on any atom is -0.497 e. The first kappa shape index (κ1) is 18.1. The lowest BCUT2D eigenvalue weighted by atomic mass is 10.1. The minimum absolute atomic E-state index is 0.270. The molecule has 2 aliphatic rings. The summed E-state index contributed by atoms with van der Waals surface area (Å²) in [6.45, 7) is 4.35. The number of ether oxygens (including phenoxy) is 2. The maximum atomic E-state index is 12.8. The van der Waals surface area contributed by atoms with E-state index < -0.39 is 0 Å². The second-order valence-corrected chi connectivity index (χ2v) is 7.07. The predicted molar refractivity (Wildman–Crippen MR) is 98.3 cm³/mol. The van der Waals surface area contributed by atoms with Gasteiger partial charge in [-0.2, -0.15) is 0 Å². The predicted octanol–water partition coefficient (Wildman–Crippen LogP) is 2.72.